The Balaban J connectivity index is 1.45. The Morgan fingerprint density at radius 1 is 1.16 bits per heavy atom. The largest absolute Gasteiger partial charge is 0.497 e. The summed E-state index contributed by atoms with van der Waals surface area (Å²) < 4.78 is 10.3. The van der Waals surface area contributed by atoms with Crippen LogP contribution < -0.4 is 10.1 Å². The summed E-state index contributed by atoms with van der Waals surface area (Å²) in [7, 11) is 1.65. The molecule has 7 heteroatoms. The van der Waals surface area contributed by atoms with Gasteiger partial charge in [-0.1, -0.05) is 12.1 Å². The molecule has 1 saturated heterocycles. The van der Waals surface area contributed by atoms with Crippen molar-refractivity contribution < 1.29 is 13.9 Å². The van der Waals surface area contributed by atoms with E-state index in [4.69, 9.17) is 21.4 Å². The summed E-state index contributed by atoms with van der Waals surface area (Å²) in [5, 5.41) is 3.98. The van der Waals surface area contributed by atoms with Crippen LogP contribution in [0.25, 0.3) is 0 Å². The first kappa shape index (κ1) is 17.3. The number of hydrogen-bond acceptors (Lipinski definition) is 4. The van der Waals surface area contributed by atoms with Crippen molar-refractivity contribution in [2.24, 2.45) is 0 Å². The van der Waals surface area contributed by atoms with E-state index in [2.05, 4.69) is 10.2 Å². The van der Waals surface area contributed by atoms with Gasteiger partial charge in [0.05, 0.1) is 13.4 Å². The predicted octanol–water partition coefficient (Wildman–Crippen LogP) is 2.12. The highest BCUT2D eigenvalue weighted by Crippen LogP contribution is 2.12. The third-order valence-electron chi connectivity index (χ3n) is 4.19. The number of rotatable bonds is 4. The van der Waals surface area contributed by atoms with Gasteiger partial charge >= 0.3 is 0 Å². The zero-order chi connectivity index (χ0) is 17.6. The highest BCUT2D eigenvalue weighted by atomic mass is 32.1. The molecule has 1 amide bonds. The maximum absolute atomic E-state index is 12.3. The van der Waals surface area contributed by atoms with Gasteiger partial charge in [-0.3, -0.25) is 4.79 Å². The summed E-state index contributed by atoms with van der Waals surface area (Å²) in [5.74, 6) is 1.15. The lowest BCUT2D eigenvalue weighted by Crippen LogP contribution is -2.52. The molecular weight excluding hydrogens is 338 g/mol. The molecule has 0 spiro atoms. The monoisotopic (exact) mass is 359 g/mol. The van der Waals surface area contributed by atoms with Crippen molar-refractivity contribution in [3.63, 3.8) is 0 Å². The standard InChI is InChI=1S/C18H21N3O3S/c1-23-15-6-4-14(5-7-15)13-19-18(25)21-10-8-20(9-11-21)17(22)16-3-2-12-24-16/h2-7,12H,8-11,13H2,1H3,(H,19,25). The molecule has 1 aromatic heterocycles. The Kier molecular flexibility index (Phi) is 5.55. The van der Waals surface area contributed by atoms with Gasteiger partial charge in [0.25, 0.3) is 5.91 Å². The lowest BCUT2D eigenvalue weighted by atomic mass is 10.2. The van der Waals surface area contributed by atoms with Crippen molar-refractivity contribution >= 4 is 23.2 Å². The molecule has 0 atom stereocenters. The highest BCUT2D eigenvalue weighted by Gasteiger charge is 2.24. The quantitative estimate of drug-likeness (QED) is 0.844. The van der Waals surface area contributed by atoms with Crippen molar-refractivity contribution in [3.8, 4) is 5.75 Å². The van der Waals surface area contributed by atoms with Gasteiger partial charge in [-0.2, -0.15) is 0 Å². The van der Waals surface area contributed by atoms with Crippen LogP contribution in [0.5, 0.6) is 5.75 Å². The van der Waals surface area contributed by atoms with E-state index in [9.17, 15) is 4.79 Å². The Bertz CT molecular complexity index is 708. The Morgan fingerprint density at radius 2 is 1.84 bits per heavy atom. The second-order valence-electron chi connectivity index (χ2n) is 5.76. The van der Waals surface area contributed by atoms with E-state index in [1.807, 2.05) is 24.3 Å². The fourth-order valence-electron chi connectivity index (χ4n) is 2.70. The number of benzene rings is 1. The zero-order valence-corrected chi connectivity index (χ0v) is 14.9. The number of thiocarbonyl (C=S) groups is 1. The maximum Gasteiger partial charge on any atom is 0.289 e. The molecule has 0 aliphatic carbocycles. The van der Waals surface area contributed by atoms with Gasteiger partial charge in [-0.25, -0.2) is 0 Å². The van der Waals surface area contributed by atoms with Crippen molar-refractivity contribution in [1.29, 1.82) is 0 Å². The Labute approximate surface area is 152 Å². The minimum atomic E-state index is -0.0678. The van der Waals surface area contributed by atoms with E-state index < -0.39 is 0 Å². The van der Waals surface area contributed by atoms with Gasteiger partial charge in [-0.15, -0.1) is 0 Å². The van der Waals surface area contributed by atoms with Gasteiger partial charge in [0, 0.05) is 32.7 Å². The number of furan rings is 1. The first-order valence-electron chi connectivity index (χ1n) is 8.16. The minimum Gasteiger partial charge on any atom is -0.497 e. The van der Waals surface area contributed by atoms with Crippen LogP contribution in [0.4, 0.5) is 0 Å². The normalized spacial score (nSPS) is 14.3. The van der Waals surface area contributed by atoms with Crippen molar-refractivity contribution in [1.82, 2.24) is 15.1 Å². The van der Waals surface area contributed by atoms with Crippen LogP contribution in [0.1, 0.15) is 16.1 Å². The van der Waals surface area contributed by atoms with Crippen molar-refractivity contribution in [2.75, 3.05) is 33.3 Å². The second-order valence-corrected chi connectivity index (χ2v) is 6.15. The number of carbonyl (C=O) groups is 1. The molecular formula is C18H21N3O3S. The second kappa shape index (κ2) is 8.02. The molecule has 1 aliphatic rings. The summed E-state index contributed by atoms with van der Waals surface area (Å²) in [6, 6.07) is 11.3. The van der Waals surface area contributed by atoms with Crippen LogP contribution in [0.3, 0.4) is 0 Å². The number of amides is 1. The SMILES string of the molecule is COc1ccc(CNC(=S)N2CCN(C(=O)c3ccco3)CC2)cc1. The van der Waals surface area contributed by atoms with E-state index in [1.165, 1.54) is 6.26 Å². The number of hydrogen-bond donors (Lipinski definition) is 1. The van der Waals surface area contributed by atoms with Crippen LogP contribution >= 0.6 is 12.2 Å². The molecule has 3 rings (SSSR count). The van der Waals surface area contributed by atoms with Crippen LogP contribution in [0.15, 0.2) is 47.1 Å². The highest BCUT2D eigenvalue weighted by molar-refractivity contribution is 7.80. The summed E-state index contributed by atoms with van der Waals surface area (Å²) in [4.78, 5) is 16.1. The molecule has 2 heterocycles. The molecule has 1 aromatic carbocycles. The van der Waals surface area contributed by atoms with E-state index in [0.717, 1.165) is 11.3 Å². The molecule has 0 radical (unpaired) electrons. The molecule has 1 fully saturated rings. The summed E-state index contributed by atoms with van der Waals surface area (Å²) in [6.45, 7) is 3.34. The Hall–Kier alpha value is -2.54. The fourth-order valence-corrected chi connectivity index (χ4v) is 2.96. The summed E-state index contributed by atoms with van der Waals surface area (Å²) in [6.07, 6.45) is 1.52. The molecule has 0 bridgehead atoms. The smallest absolute Gasteiger partial charge is 0.289 e. The number of piperazine rings is 1. The summed E-state index contributed by atoms with van der Waals surface area (Å²) in [5.41, 5.74) is 1.13. The molecule has 6 nitrogen and oxygen atoms in total. The van der Waals surface area contributed by atoms with E-state index in [1.54, 1.807) is 24.1 Å². The predicted molar refractivity (Wildman–Crippen MR) is 98.6 cm³/mol. The minimum absolute atomic E-state index is 0.0678. The van der Waals surface area contributed by atoms with Gasteiger partial charge in [0.15, 0.2) is 10.9 Å². The first-order chi connectivity index (χ1) is 12.2. The molecule has 2 aromatic rings. The average Bonchev–Trinajstić information content (AvgIpc) is 3.21. The number of carbonyl (C=O) groups excluding carboxylic acids is 1. The molecule has 1 N–H and O–H groups in total. The average molecular weight is 359 g/mol. The van der Waals surface area contributed by atoms with Gasteiger partial charge in [0.2, 0.25) is 0 Å². The maximum atomic E-state index is 12.3. The van der Waals surface area contributed by atoms with E-state index >= 15 is 0 Å². The topological polar surface area (TPSA) is 58.0 Å². The van der Waals surface area contributed by atoms with Gasteiger partial charge in [0.1, 0.15) is 5.75 Å². The molecule has 132 valence electrons. The van der Waals surface area contributed by atoms with Crippen LogP contribution in [-0.2, 0) is 6.54 Å². The number of methoxy groups -OCH3 is 1. The molecule has 25 heavy (non-hydrogen) atoms. The molecule has 0 saturated carbocycles. The Morgan fingerprint density at radius 3 is 2.44 bits per heavy atom. The van der Waals surface area contributed by atoms with E-state index in [-0.39, 0.29) is 5.91 Å². The third-order valence-corrected chi connectivity index (χ3v) is 4.59. The summed E-state index contributed by atoms with van der Waals surface area (Å²) >= 11 is 5.47. The van der Waals surface area contributed by atoms with Crippen molar-refractivity contribution in [3.05, 3.63) is 54.0 Å². The van der Waals surface area contributed by atoms with E-state index in [0.29, 0.717) is 43.6 Å². The molecule has 1 aliphatic heterocycles. The first-order valence-corrected chi connectivity index (χ1v) is 8.56. The number of ether oxygens (including phenoxy) is 1. The van der Waals surface area contributed by atoms with Crippen LogP contribution in [0, 0.1) is 0 Å². The lowest BCUT2D eigenvalue weighted by molar-refractivity contribution is 0.0659. The van der Waals surface area contributed by atoms with Crippen molar-refractivity contribution in [2.45, 2.75) is 6.54 Å². The van der Waals surface area contributed by atoms with Crippen LogP contribution in [-0.4, -0.2) is 54.1 Å². The zero-order valence-electron chi connectivity index (χ0n) is 14.1. The van der Waals surface area contributed by atoms with Crippen LogP contribution in [0.2, 0.25) is 0 Å². The third kappa shape index (κ3) is 4.30. The number of nitrogens with zero attached hydrogens (tertiary/aromatic N) is 2. The van der Waals surface area contributed by atoms with Gasteiger partial charge in [-0.05, 0) is 42.0 Å². The van der Waals surface area contributed by atoms with Gasteiger partial charge < -0.3 is 24.3 Å². The fraction of sp³-hybridized carbons (Fsp3) is 0.333. The molecule has 0 unspecified atom stereocenters. The lowest BCUT2D eigenvalue weighted by Gasteiger charge is -2.35. The number of nitrogens with one attached hydrogen (secondary N) is 1.